The van der Waals surface area contributed by atoms with Crippen LogP contribution in [0.25, 0.3) is 0 Å². The van der Waals surface area contributed by atoms with E-state index in [0.717, 1.165) is 0 Å². The number of benzene rings is 2. The van der Waals surface area contributed by atoms with Gasteiger partial charge in [0.25, 0.3) is 0 Å². The van der Waals surface area contributed by atoms with Crippen molar-refractivity contribution < 1.29 is 9.59 Å². The number of rotatable bonds is 3. The van der Waals surface area contributed by atoms with E-state index in [9.17, 15) is 9.59 Å². The normalized spacial score (nSPS) is 10.6. The predicted octanol–water partition coefficient (Wildman–Crippen LogP) is 3.74. The van der Waals surface area contributed by atoms with Gasteiger partial charge in [0.15, 0.2) is 0 Å². The second-order valence-electron chi connectivity index (χ2n) is 4.30. The van der Waals surface area contributed by atoms with Crippen molar-refractivity contribution in [2.45, 2.75) is 0 Å². The third-order valence-corrected chi connectivity index (χ3v) is 3.75. The Bertz CT molecular complexity index is 761. The number of hydrogen-bond acceptors (Lipinski definition) is 3. The number of hydrogen-bond donors (Lipinski definition) is 2. The van der Waals surface area contributed by atoms with Gasteiger partial charge in [-0.1, -0.05) is 46.9 Å². The predicted molar refractivity (Wildman–Crippen MR) is 92.3 cm³/mol. The highest BCUT2D eigenvalue weighted by molar-refractivity contribution is 6.43. The maximum absolute atomic E-state index is 11.7. The van der Waals surface area contributed by atoms with Crippen molar-refractivity contribution in [3.8, 4) is 0 Å². The molecule has 0 saturated heterocycles. The first-order valence-electron chi connectivity index (χ1n) is 6.31. The third kappa shape index (κ3) is 4.96. The largest absolute Gasteiger partial charge is 0.329 e. The van der Waals surface area contributed by atoms with Gasteiger partial charge < -0.3 is 5.32 Å². The van der Waals surface area contributed by atoms with Gasteiger partial charge in [-0.05, 0) is 30.3 Å². The summed E-state index contributed by atoms with van der Waals surface area (Å²) in [6.45, 7) is 0. The molecule has 0 spiro atoms. The zero-order valence-electron chi connectivity index (χ0n) is 11.5. The fourth-order valence-corrected chi connectivity index (χ4v) is 2.04. The lowest BCUT2D eigenvalue weighted by Gasteiger charge is -2.04. The van der Waals surface area contributed by atoms with E-state index in [1.165, 1.54) is 6.21 Å². The molecule has 0 heterocycles. The lowest BCUT2D eigenvalue weighted by atomic mass is 10.2. The highest BCUT2D eigenvalue weighted by Crippen LogP contribution is 2.24. The van der Waals surface area contributed by atoms with Gasteiger partial charge in [0, 0.05) is 16.3 Å². The van der Waals surface area contributed by atoms with Gasteiger partial charge in [0.05, 0.1) is 16.3 Å². The molecule has 0 aliphatic carbocycles. The average Bonchev–Trinajstić information content (AvgIpc) is 2.53. The monoisotopic (exact) mass is 369 g/mol. The standard InChI is InChI=1S/C15H10Cl3N3O2/c16-10-4-6-11(7-5-10)20-14(22)15(23)21-19-8-9-2-1-3-12(17)13(9)18/h1-8H,(H,20,22)(H,21,23). The van der Waals surface area contributed by atoms with Crippen molar-refractivity contribution >= 4 is 58.5 Å². The Morgan fingerprint density at radius 3 is 2.35 bits per heavy atom. The van der Waals surface area contributed by atoms with Crippen LogP contribution in [0, 0.1) is 0 Å². The molecule has 2 amide bonds. The second-order valence-corrected chi connectivity index (χ2v) is 5.52. The zero-order chi connectivity index (χ0) is 16.8. The Kier molecular flexibility index (Phi) is 5.98. The summed E-state index contributed by atoms with van der Waals surface area (Å²) in [5.41, 5.74) is 3.05. The minimum atomic E-state index is -0.922. The molecule has 0 atom stereocenters. The average molecular weight is 371 g/mol. The zero-order valence-corrected chi connectivity index (χ0v) is 13.8. The highest BCUT2D eigenvalue weighted by atomic mass is 35.5. The van der Waals surface area contributed by atoms with Gasteiger partial charge in [0.1, 0.15) is 0 Å². The molecule has 0 saturated carbocycles. The fourth-order valence-electron chi connectivity index (χ4n) is 1.55. The summed E-state index contributed by atoms with van der Waals surface area (Å²) in [7, 11) is 0. The SMILES string of the molecule is O=C(NN=Cc1cccc(Cl)c1Cl)C(=O)Nc1ccc(Cl)cc1. The number of halogens is 3. The molecule has 0 fully saturated rings. The molecule has 0 aromatic heterocycles. The van der Waals surface area contributed by atoms with Gasteiger partial charge in [-0.15, -0.1) is 0 Å². The van der Waals surface area contributed by atoms with E-state index < -0.39 is 11.8 Å². The molecule has 118 valence electrons. The minimum Gasteiger partial charge on any atom is -0.318 e. The molecule has 5 nitrogen and oxygen atoms in total. The van der Waals surface area contributed by atoms with Crippen molar-refractivity contribution in [1.29, 1.82) is 0 Å². The second kappa shape index (κ2) is 7.97. The van der Waals surface area contributed by atoms with E-state index >= 15 is 0 Å². The van der Waals surface area contributed by atoms with E-state index in [2.05, 4.69) is 15.8 Å². The van der Waals surface area contributed by atoms with Crippen LogP contribution in [0.4, 0.5) is 5.69 Å². The van der Waals surface area contributed by atoms with Crippen LogP contribution in [0.1, 0.15) is 5.56 Å². The first-order chi connectivity index (χ1) is 11.0. The van der Waals surface area contributed by atoms with E-state index in [1.54, 1.807) is 42.5 Å². The van der Waals surface area contributed by atoms with E-state index in [-0.39, 0.29) is 0 Å². The molecule has 0 aliphatic rings. The fraction of sp³-hybridized carbons (Fsp3) is 0. The number of anilines is 1. The van der Waals surface area contributed by atoms with Crippen LogP contribution in [-0.2, 0) is 9.59 Å². The maximum atomic E-state index is 11.7. The number of nitrogens with zero attached hydrogens (tertiary/aromatic N) is 1. The molecule has 2 aromatic rings. The molecule has 2 aromatic carbocycles. The van der Waals surface area contributed by atoms with Gasteiger partial charge in [0.2, 0.25) is 0 Å². The van der Waals surface area contributed by atoms with Gasteiger partial charge >= 0.3 is 11.8 Å². The summed E-state index contributed by atoms with van der Waals surface area (Å²) in [5, 5.41) is 7.27. The van der Waals surface area contributed by atoms with Crippen molar-refractivity contribution in [2.24, 2.45) is 5.10 Å². The van der Waals surface area contributed by atoms with Crippen molar-refractivity contribution in [3.63, 3.8) is 0 Å². The Labute approximate surface area is 147 Å². The number of amides is 2. The van der Waals surface area contributed by atoms with Crippen LogP contribution in [0.5, 0.6) is 0 Å². The van der Waals surface area contributed by atoms with E-state index in [0.29, 0.717) is 26.3 Å². The first-order valence-corrected chi connectivity index (χ1v) is 7.44. The molecule has 0 bridgehead atoms. The van der Waals surface area contributed by atoms with Crippen LogP contribution >= 0.6 is 34.8 Å². The number of hydrazone groups is 1. The quantitative estimate of drug-likeness (QED) is 0.491. The Balaban J connectivity index is 1.93. The first kappa shape index (κ1) is 17.3. The van der Waals surface area contributed by atoms with Gasteiger partial charge in [-0.25, -0.2) is 5.43 Å². The topological polar surface area (TPSA) is 70.6 Å². The lowest BCUT2D eigenvalue weighted by molar-refractivity contribution is -0.136. The van der Waals surface area contributed by atoms with E-state index in [4.69, 9.17) is 34.8 Å². The van der Waals surface area contributed by atoms with Crippen molar-refractivity contribution in [2.75, 3.05) is 5.32 Å². The summed E-state index contributed by atoms with van der Waals surface area (Å²) in [5.74, 6) is -1.78. The van der Waals surface area contributed by atoms with Gasteiger partial charge in [-0.3, -0.25) is 9.59 Å². The molecular formula is C15H10Cl3N3O2. The maximum Gasteiger partial charge on any atom is 0.329 e. The molecule has 2 rings (SSSR count). The Hall–Kier alpha value is -2.08. The molecular weight excluding hydrogens is 361 g/mol. The number of carbonyl (C=O) groups is 2. The van der Waals surface area contributed by atoms with Crippen LogP contribution < -0.4 is 10.7 Å². The summed E-state index contributed by atoms with van der Waals surface area (Å²) in [4.78, 5) is 23.3. The van der Waals surface area contributed by atoms with Crippen LogP contribution in [-0.4, -0.2) is 18.0 Å². The summed E-state index contributed by atoms with van der Waals surface area (Å²) in [6, 6.07) is 11.3. The van der Waals surface area contributed by atoms with Crippen LogP contribution in [0.3, 0.4) is 0 Å². The molecule has 0 unspecified atom stereocenters. The minimum absolute atomic E-state index is 0.304. The summed E-state index contributed by atoms with van der Waals surface area (Å²) < 4.78 is 0. The molecule has 2 N–H and O–H groups in total. The van der Waals surface area contributed by atoms with Crippen LogP contribution in [0.2, 0.25) is 15.1 Å². The van der Waals surface area contributed by atoms with Crippen molar-refractivity contribution in [1.82, 2.24) is 5.43 Å². The smallest absolute Gasteiger partial charge is 0.318 e. The molecule has 0 aliphatic heterocycles. The van der Waals surface area contributed by atoms with Crippen LogP contribution in [0.15, 0.2) is 47.6 Å². The lowest BCUT2D eigenvalue weighted by Crippen LogP contribution is -2.32. The molecule has 23 heavy (non-hydrogen) atoms. The van der Waals surface area contributed by atoms with E-state index in [1.807, 2.05) is 0 Å². The summed E-state index contributed by atoms with van der Waals surface area (Å²) in [6.07, 6.45) is 1.29. The Morgan fingerprint density at radius 1 is 0.957 bits per heavy atom. The van der Waals surface area contributed by atoms with Gasteiger partial charge in [-0.2, -0.15) is 5.10 Å². The highest BCUT2D eigenvalue weighted by Gasteiger charge is 2.12. The molecule has 8 heteroatoms. The van der Waals surface area contributed by atoms with Crippen molar-refractivity contribution in [3.05, 3.63) is 63.1 Å². The molecule has 0 radical (unpaired) electrons. The number of carbonyl (C=O) groups excluding carboxylic acids is 2. The number of nitrogens with one attached hydrogen (secondary N) is 2. The Morgan fingerprint density at radius 2 is 1.65 bits per heavy atom. The summed E-state index contributed by atoms with van der Waals surface area (Å²) >= 11 is 17.5. The third-order valence-electron chi connectivity index (χ3n) is 2.66.